The Morgan fingerprint density at radius 1 is 1.35 bits per heavy atom. The number of nitrogens with zero attached hydrogens (tertiary/aromatic N) is 2. The summed E-state index contributed by atoms with van der Waals surface area (Å²) in [6, 6.07) is 3.76. The monoisotopic (exact) mass is 371 g/mol. The van der Waals surface area contributed by atoms with Crippen molar-refractivity contribution in [3.8, 4) is 0 Å². The highest BCUT2D eigenvalue weighted by atomic mass is 35.5. The molecule has 2 aliphatic rings. The number of nitro groups is 1. The number of nitro benzene ring substituents is 1. The fraction of sp³-hybridized carbons (Fsp3) is 0.167. The lowest BCUT2D eigenvalue weighted by molar-refractivity contribution is -0.384. The second-order valence-electron chi connectivity index (χ2n) is 5.96. The molecule has 0 saturated carbocycles. The quantitative estimate of drug-likeness (QED) is 0.636. The SMILES string of the molecule is CC1=C(C)C2C=CC(=NC(=O)c3ccc(Cl)c([N+](=O)[O-])c3)C=C2NC1=O. The number of carbonyl (C=O) groups is 2. The molecule has 1 heterocycles. The van der Waals surface area contributed by atoms with Crippen LogP contribution < -0.4 is 5.32 Å². The minimum Gasteiger partial charge on any atom is -0.325 e. The topological polar surface area (TPSA) is 102 Å². The molecule has 132 valence electrons. The number of amides is 2. The van der Waals surface area contributed by atoms with Crippen molar-refractivity contribution in [2.75, 3.05) is 0 Å². The van der Waals surface area contributed by atoms with Crippen LogP contribution in [0.4, 0.5) is 5.69 Å². The van der Waals surface area contributed by atoms with E-state index < -0.39 is 10.8 Å². The van der Waals surface area contributed by atoms with E-state index in [9.17, 15) is 19.7 Å². The number of halogens is 1. The summed E-state index contributed by atoms with van der Waals surface area (Å²) in [7, 11) is 0. The fourth-order valence-corrected chi connectivity index (χ4v) is 2.95. The first-order valence-electron chi connectivity index (χ1n) is 7.73. The second kappa shape index (κ2) is 6.68. The minimum absolute atomic E-state index is 0.0516. The van der Waals surface area contributed by atoms with Gasteiger partial charge in [0.25, 0.3) is 17.5 Å². The molecule has 0 bridgehead atoms. The minimum atomic E-state index is -0.658. The first-order valence-corrected chi connectivity index (χ1v) is 8.11. The van der Waals surface area contributed by atoms with Crippen LogP contribution in [0.5, 0.6) is 0 Å². The molecule has 8 heteroatoms. The highest BCUT2D eigenvalue weighted by Gasteiger charge is 2.27. The van der Waals surface area contributed by atoms with Crippen LogP contribution in [-0.4, -0.2) is 22.4 Å². The van der Waals surface area contributed by atoms with Crippen molar-refractivity contribution in [2.24, 2.45) is 10.9 Å². The Hall–Kier alpha value is -3.06. The Bertz CT molecular complexity index is 973. The Morgan fingerprint density at radius 2 is 2.08 bits per heavy atom. The van der Waals surface area contributed by atoms with E-state index in [0.717, 1.165) is 11.6 Å². The third-order valence-corrected chi connectivity index (χ3v) is 4.69. The van der Waals surface area contributed by atoms with Gasteiger partial charge in [-0.25, -0.2) is 4.99 Å². The molecule has 7 nitrogen and oxygen atoms in total. The number of nitrogens with one attached hydrogen (secondary N) is 1. The summed E-state index contributed by atoms with van der Waals surface area (Å²) in [5.41, 5.74) is 2.31. The molecule has 0 saturated heterocycles. The standard InChI is InChI=1S/C18H14ClN3O4/c1-9-10(2)17(23)21-15-8-12(4-5-13(9)15)20-18(24)11-3-6-14(19)16(7-11)22(25)26/h3-8,13H,1-2H3,(H,21,23). The molecular weight excluding hydrogens is 358 g/mol. The Morgan fingerprint density at radius 3 is 2.77 bits per heavy atom. The number of carbonyl (C=O) groups excluding carboxylic acids is 2. The predicted octanol–water partition coefficient (Wildman–Crippen LogP) is 3.37. The Kier molecular flexibility index (Phi) is 4.56. The molecule has 0 radical (unpaired) electrons. The summed E-state index contributed by atoms with van der Waals surface area (Å²) >= 11 is 5.75. The lowest BCUT2D eigenvalue weighted by Gasteiger charge is -2.28. The van der Waals surface area contributed by atoms with Crippen LogP contribution in [0.3, 0.4) is 0 Å². The van der Waals surface area contributed by atoms with Crippen LogP contribution in [0, 0.1) is 16.0 Å². The zero-order chi connectivity index (χ0) is 19.0. The maximum atomic E-state index is 12.3. The van der Waals surface area contributed by atoms with Gasteiger partial charge in [-0.15, -0.1) is 0 Å². The third-order valence-electron chi connectivity index (χ3n) is 4.37. The maximum Gasteiger partial charge on any atom is 0.288 e. The molecule has 2 amide bonds. The summed E-state index contributed by atoms with van der Waals surface area (Å²) < 4.78 is 0. The molecule has 1 aromatic carbocycles. The van der Waals surface area contributed by atoms with Crippen LogP contribution >= 0.6 is 11.6 Å². The number of rotatable bonds is 2. The number of aliphatic imine (C=N–C) groups is 1. The normalized spacial score (nSPS) is 20.6. The van der Waals surface area contributed by atoms with Gasteiger partial charge in [0.2, 0.25) is 0 Å². The molecule has 1 unspecified atom stereocenters. The number of hydrogen-bond acceptors (Lipinski definition) is 4. The summed E-state index contributed by atoms with van der Waals surface area (Å²) in [5, 5.41) is 13.7. The summed E-state index contributed by atoms with van der Waals surface area (Å²) in [6.07, 6.45) is 5.16. The van der Waals surface area contributed by atoms with Crippen molar-refractivity contribution in [3.63, 3.8) is 0 Å². The van der Waals surface area contributed by atoms with E-state index >= 15 is 0 Å². The van der Waals surface area contributed by atoms with Crippen LogP contribution in [-0.2, 0) is 4.79 Å². The smallest absolute Gasteiger partial charge is 0.288 e. The van der Waals surface area contributed by atoms with Gasteiger partial charge >= 0.3 is 0 Å². The summed E-state index contributed by atoms with van der Waals surface area (Å²) in [4.78, 5) is 38.5. The van der Waals surface area contributed by atoms with E-state index in [0.29, 0.717) is 17.0 Å². The Labute approximate surface area is 153 Å². The number of allylic oxidation sites excluding steroid dienone is 3. The third kappa shape index (κ3) is 3.21. The van der Waals surface area contributed by atoms with E-state index in [1.807, 2.05) is 13.0 Å². The van der Waals surface area contributed by atoms with Gasteiger partial charge in [-0.05, 0) is 38.1 Å². The van der Waals surface area contributed by atoms with E-state index in [-0.39, 0.29) is 28.1 Å². The van der Waals surface area contributed by atoms with Crippen LogP contribution in [0.15, 0.2) is 58.3 Å². The van der Waals surface area contributed by atoms with E-state index in [1.54, 1.807) is 19.1 Å². The maximum absolute atomic E-state index is 12.3. The molecule has 1 aliphatic heterocycles. The molecular formula is C18H14ClN3O4. The molecule has 1 N–H and O–H groups in total. The number of fused-ring (bicyclic) bond motifs is 1. The van der Waals surface area contributed by atoms with Crippen LogP contribution in [0.2, 0.25) is 5.02 Å². The first-order chi connectivity index (χ1) is 12.3. The molecule has 1 atom stereocenters. The van der Waals surface area contributed by atoms with Gasteiger partial charge in [0.05, 0.1) is 10.6 Å². The van der Waals surface area contributed by atoms with Crippen molar-refractivity contribution < 1.29 is 14.5 Å². The van der Waals surface area contributed by atoms with E-state index in [1.165, 1.54) is 12.1 Å². The van der Waals surface area contributed by atoms with Gasteiger partial charge in [-0.1, -0.05) is 23.3 Å². The molecule has 3 rings (SSSR count). The Balaban J connectivity index is 1.91. The van der Waals surface area contributed by atoms with E-state index in [4.69, 9.17) is 11.6 Å². The van der Waals surface area contributed by atoms with Crippen molar-refractivity contribution in [1.82, 2.24) is 5.32 Å². The summed E-state index contributed by atoms with van der Waals surface area (Å²) in [5.74, 6) is -0.872. The highest BCUT2D eigenvalue weighted by Crippen LogP contribution is 2.30. The van der Waals surface area contributed by atoms with E-state index in [2.05, 4.69) is 10.3 Å². The zero-order valence-corrected chi connectivity index (χ0v) is 14.7. The van der Waals surface area contributed by atoms with Crippen molar-refractivity contribution >= 4 is 34.8 Å². The van der Waals surface area contributed by atoms with Crippen LogP contribution in [0.25, 0.3) is 0 Å². The van der Waals surface area contributed by atoms with Gasteiger partial charge in [0, 0.05) is 28.8 Å². The van der Waals surface area contributed by atoms with Gasteiger partial charge in [0.1, 0.15) is 5.02 Å². The molecule has 26 heavy (non-hydrogen) atoms. The largest absolute Gasteiger partial charge is 0.325 e. The predicted molar refractivity (Wildman–Crippen MR) is 97.1 cm³/mol. The summed E-state index contributed by atoms with van der Waals surface area (Å²) in [6.45, 7) is 3.65. The van der Waals surface area contributed by atoms with Crippen molar-refractivity contribution in [2.45, 2.75) is 13.8 Å². The lowest BCUT2D eigenvalue weighted by Crippen LogP contribution is -2.35. The molecule has 0 fully saturated rings. The second-order valence-corrected chi connectivity index (χ2v) is 6.37. The average Bonchev–Trinajstić information content (AvgIpc) is 2.59. The first kappa shape index (κ1) is 17.8. The molecule has 0 aromatic heterocycles. The number of benzene rings is 1. The fourth-order valence-electron chi connectivity index (χ4n) is 2.76. The highest BCUT2D eigenvalue weighted by molar-refractivity contribution is 6.32. The van der Waals surface area contributed by atoms with Gasteiger partial charge < -0.3 is 5.32 Å². The van der Waals surface area contributed by atoms with Crippen molar-refractivity contribution in [3.05, 3.63) is 74.0 Å². The van der Waals surface area contributed by atoms with Gasteiger partial charge in [-0.2, -0.15) is 0 Å². The molecule has 1 aromatic rings. The van der Waals surface area contributed by atoms with Gasteiger partial charge in [0.15, 0.2) is 0 Å². The van der Waals surface area contributed by atoms with Gasteiger partial charge in [-0.3, -0.25) is 19.7 Å². The van der Waals surface area contributed by atoms with Crippen LogP contribution in [0.1, 0.15) is 24.2 Å². The lowest BCUT2D eigenvalue weighted by atomic mass is 9.85. The molecule has 1 aliphatic carbocycles. The number of hydrogen-bond donors (Lipinski definition) is 1. The average molecular weight is 372 g/mol. The molecule has 0 spiro atoms. The zero-order valence-electron chi connectivity index (χ0n) is 13.9. The van der Waals surface area contributed by atoms with Crippen molar-refractivity contribution in [1.29, 1.82) is 0 Å².